The van der Waals surface area contributed by atoms with Crippen LogP contribution >= 0.6 is 23.2 Å². The highest BCUT2D eigenvalue weighted by atomic mass is 35.5. The lowest BCUT2D eigenvalue weighted by atomic mass is 10.0. The molecule has 0 saturated heterocycles. The van der Waals surface area contributed by atoms with Crippen LogP contribution in [0.4, 0.5) is 0 Å². The van der Waals surface area contributed by atoms with Crippen molar-refractivity contribution in [3.63, 3.8) is 0 Å². The number of ether oxygens (including phenoxy) is 1. The van der Waals surface area contributed by atoms with Crippen LogP contribution in [0.3, 0.4) is 0 Å². The van der Waals surface area contributed by atoms with Gasteiger partial charge >= 0.3 is 0 Å². The van der Waals surface area contributed by atoms with Gasteiger partial charge in [0.1, 0.15) is 5.75 Å². The van der Waals surface area contributed by atoms with Crippen LogP contribution < -0.4 is 4.74 Å². The van der Waals surface area contributed by atoms with Gasteiger partial charge in [-0.15, -0.1) is 0 Å². The fourth-order valence-electron chi connectivity index (χ4n) is 2.39. The summed E-state index contributed by atoms with van der Waals surface area (Å²) in [7, 11) is 1.63. The quantitative estimate of drug-likeness (QED) is 0.420. The van der Waals surface area contributed by atoms with E-state index in [2.05, 4.69) is 0 Å². The molecule has 0 amide bonds. The van der Waals surface area contributed by atoms with Crippen LogP contribution in [0, 0.1) is 0 Å². The highest BCUT2D eigenvalue weighted by Gasteiger charge is 2.05. The molecular formula is C20H14Cl2O2. The number of carbonyl (C=O) groups is 1. The van der Waals surface area contributed by atoms with Gasteiger partial charge in [0, 0.05) is 5.56 Å². The minimum absolute atomic E-state index is 0.0706. The standard InChI is InChI=1S/C20H14Cl2O2/c1-24-17-7-6-14-11-16(5-4-15(14)12-17)20(23)9-3-13-2-8-18(21)19(22)10-13/h2-12H,1H3. The Balaban J connectivity index is 1.85. The van der Waals surface area contributed by atoms with E-state index in [-0.39, 0.29) is 5.78 Å². The molecule has 0 atom stereocenters. The van der Waals surface area contributed by atoms with Crippen molar-refractivity contribution in [2.24, 2.45) is 0 Å². The van der Waals surface area contributed by atoms with E-state index in [4.69, 9.17) is 27.9 Å². The summed E-state index contributed by atoms with van der Waals surface area (Å²) in [5.74, 6) is 0.722. The summed E-state index contributed by atoms with van der Waals surface area (Å²) in [5.41, 5.74) is 1.45. The number of fused-ring (bicyclic) bond motifs is 1. The normalized spacial score (nSPS) is 11.1. The summed E-state index contributed by atoms with van der Waals surface area (Å²) >= 11 is 11.9. The Kier molecular flexibility index (Phi) is 4.89. The molecule has 0 spiro atoms. The first-order valence-electron chi connectivity index (χ1n) is 7.32. The van der Waals surface area contributed by atoms with E-state index in [1.165, 1.54) is 6.08 Å². The molecule has 0 unspecified atom stereocenters. The fourth-order valence-corrected chi connectivity index (χ4v) is 2.69. The van der Waals surface area contributed by atoms with E-state index in [9.17, 15) is 4.79 Å². The van der Waals surface area contributed by atoms with E-state index < -0.39 is 0 Å². The smallest absolute Gasteiger partial charge is 0.185 e. The second-order valence-electron chi connectivity index (χ2n) is 5.30. The van der Waals surface area contributed by atoms with E-state index in [1.54, 1.807) is 25.3 Å². The maximum atomic E-state index is 12.4. The maximum absolute atomic E-state index is 12.4. The second kappa shape index (κ2) is 7.08. The molecule has 3 aromatic carbocycles. The first-order valence-corrected chi connectivity index (χ1v) is 8.08. The molecule has 120 valence electrons. The fraction of sp³-hybridized carbons (Fsp3) is 0.0500. The molecule has 3 rings (SSSR count). The minimum atomic E-state index is -0.0706. The molecule has 0 aliphatic rings. The molecular weight excluding hydrogens is 343 g/mol. The summed E-state index contributed by atoms with van der Waals surface area (Å²) < 4.78 is 5.21. The summed E-state index contributed by atoms with van der Waals surface area (Å²) in [6.45, 7) is 0. The molecule has 0 heterocycles. The minimum Gasteiger partial charge on any atom is -0.497 e. The number of allylic oxidation sites excluding steroid dienone is 1. The van der Waals surface area contributed by atoms with Crippen LogP contribution in [0.5, 0.6) is 5.75 Å². The van der Waals surface area contributed by atoms with E-state index in [1.807, 2.05) is 42.5 Å². The predicted octanol–water partition coefficient (Wildman–Crippen LogP) is 6.05. The van der Waals surface area contributed by atoms with Crippen molar-refractivity contribution in [2.45, 2.75) is 0 Å². The zero-order valence-corrected chi connectivity index (χ0v) is 14.4. The van der Waals surface area contributed by atoms with Crippen LogP contribution in [-0.4, -0.2) is 12.9 Å². The van der Waals surface area contributed by atoms with Gasteiger partial charge in [0.25, 0.3) is 0 Å². The third-order valence-electron chi connectivity index (χ3n) is 3.70. The van der Waals surface area contributed by atoms with Crippen LogP contribution in [-0.2, 0) is 0 Å². The van der Waals surface area contributed by atoms with Crippen LogP contribution in [0.2, 0.25) is 10.0 Å². The molecule has 3 aromatic rings. The largest absolute Gasteiger partial charge is 0.497 e. The number of rotatable bonds is 4. The third-order valence-corrected chi connectivity index (χ3v) is 4.44. The van der Waals surface area contributed by atoms with Gasteiger partial charge in [0.2, 0.25) is 0 Å². The Morgan fingerprint density at radius 3 is 2.42 bits per heavy atom. The molecule has 2 nitrogen and oxygen atoms in total. The van der Waals surface area contributed by atoms with Crippen LogP contribution in [0.25, 0.3) is 16.8 Å². The second-order valence-corrected chi connectivity index (χ2v) is 6.11. The van der Waals surface area contributed by atoms with Crippen molar-refractivity contribution in [3.8, 4) is 5.75 Å². The van der Waals surface area contributed by atoms with Gasteiger partial charge in [-0.05, 0) is 52.7 Å². The number of ketones is 1. The summed E-state index contributed by atoms with van der Waals surface area (Å²) in [6, 6.07) is 16.6. The highest BCUT2D eigenvalue weighted by Crippen LogP contribution is 2.24. The average Bonchev–Trinajstić information content (AvgIpc) is 2.61. The van der Waals surface area contributed by atoms with Gasteiger partial charge in [0.15, 0.2) is 5.78 Å². The van der Waals surface area contributed by atoms with Gasteiger partial charge in [0.05, 0.1) is 17.2 Å². The van der Waals surface area contributed by atoms with E-state index >= 15 is 0 Å². The Labute approximate surface area is 150 Å². The lowest BCUT2D eigenvalue weighted by Gasteiger charge is -2.04. The number of halogens is 2. The number of hydrogen-bond acceptors (Lipinski definition) is 2. The predicted molar refractivity (Wildman–Crippen MR) is 100 cm³/mol. The summed E-state index contributed by atoms with van der Waals surface area (Å²) in [6.07, 6.45) is 3.26. The molecule has 0 N–H and O–H groups in total. The van der Waals surface area contributed by atoms with Crippen LogP contribution in [0.15, 0.2) is 60.7 Å². The van der Waals surface area contributed by atoms with Crippen molar-refractivity contribution in [1.29, 1.82) is 0 Å². The molecule has 0 fully saturated rings. The molecule has 0 radical (unpaired) electrons. The Bertz CT molecular complexity index is 946. The van der Waals surface area contributed by atoms with Gasteiger partial charge in [-0.25, -0.2) is 0 Å². The molecule has 0 aliphatic carbocycles. The molecule has 0 aromatic heterocycles. The molecule has 0 aliphatic heterocycles. The molecule has 0 bridgehead atoms. The molecule has 4 heteroatoms. The zero-order chi connectivity index (χ0) is 17.1. The number of hydrogen-bond donors (Lipinski definition) is 0. The van der Waals surface area contributed by atoms with Gasteiger partial charge in [-0.2, -0.15) is 0 Å². The van der Waals surface area contributed by atoms with E-state index in [0.29, 0.717) is 15.6 Å². The first kappa shape index (κ1) is 16.6. The van der Waals surface area contributed by atoms with Crippen molar-refractivity contribution >= 4 is 45.8 Å². The SMILES string of the molecule is COc1ccc2cc(C(=O)C=Cc3ccc(Cl)c(Cl)c3)ccc2c1. The van der Waals surface area contributed by atoms with Gasteiger partial charge in [-0.3, -0.25) is 4.79 Å². The number of benzene rings is 3. The van der Waals surface area contributed by atoms with Crippen molar-refractivity contribution in [1.82, 2.24) is 0 Å². The average molecular weight is 357 g/mol. The Morgan fingerprint density at radius 2 is 1.67 bits per heavy atom. The van der Waals surface area contributed by atoms with E-state index in [0.717, 1.165) is 22.1 Å². The van der Waals surface area contributed by atoms with Gasteiger partial charge in [-0.1, -0.05) is 53.5 Å². The third kappa shape index (κ3) is 3.61. The number of carbonyl (C=O) groups excluding carboxylic acids is 1. The zero-order valence-electron chi connectivity index (χ0n) is 12.9. The molecule has 0 saturated carbocycles. The van der Waals surface area contributed by atoms with Crippen molar-refractivity contribution in [2.75, 3.05) is 7.11 Å². The molecule has 24 heavy (non-hydrogen) atoms. The lowest BCUT2D eigenvalue weighted by Crippen LogP contribution is -1.94. The Hall–Kier alpha value is -2.29. The monoisotopic (exact) mass is 356 g/mol. The first-order chi connectivity index (χ1) is 11.6. The van der Waals surface area contributed by atoms with Crippen molar-refractivity contribution < 1.29 is 9.53 Å². The van der Waals surface area contributed by atoms with Crippen LogP contribution in [0.1, 0.15) is 15.9 Å². The summed E-state index contributed by atoms with van der Waals surface area (Å²) in [5, 5.41) is 2.97. The lowest BCUT2D eigenvalue weighted by molar-refractivity contribution is 0.104. The summed E-state index contributed by atoms with van der Waals surface area (Å²) in [4.78, 5) is 12.4. The topological polar surface area (TPSA) is 26.3 Å². The van der Waals surface area contributed by atoms with Gasteiger partial charge < -0.3 is 4.74 Å². The number of methoxy groups -OCH3 is 1. The highest BCUT2D eigenvalue weighted by molar-refractivity contribution is 6.42. The Morgan fingerprint density at radius 1 is 0.917 bits per heavy atom. The maximum Gasteiger partial charge on any atom is 0.185 e. The van der Waals surface area contributed by atoms with Crippen molar-refractivity contribution in [3.05, 3.63) is 81.8 Å².